The summed E-state index contributed by atoms with van der Waals surface area (Å²) in [5.41, 5.74) is 0. The molecule has 2 heterocycles. The van der Waals surface area contributed by atoms with Crippen LogP contribution in [-0.2, 0) is 0 Å². The zero-order valence-electron chi connectivity index (χ0n) is 9.07. The summed E-state index contributed by atoms with van der Waals surface area (Å²) >= 11 is 5.81. The molecule has 1 N–H and O–H groups in total. The lowest BCUT2D eigenvalue weighted by Gasteiger charge is -2.36. The Labute approximate surface area is 95.4 Å². The van der Waals surface area contributed by atoms with E-state index in [1.807, 2.05) is 12.1 Å². The van der Waals surface area contributed by atoms with Crippen LogP contribution in [0.5, 0.6) is 0 Å². The first-order valence-corrected chi connectivity index (χ1v) is 5.65. The molecule has 0 spiro atoms. The molecule has 2 rings (SSSR count). The third kappa shape index (κ3) is 2.61. The smallest absolute Gasteiger partial charge is 0.128 e. The van der Waals surface area contributed by atoms with Crippen molar-refractivity contribution in [2.75, 3.05) is 18.0 Å². The van der Waals surface area contributed by atoms with E-state index >= 15 is 0 Å². The van der Waals surface area contributed by atoms with Gasteiger partial charge in [-0.25, -0.2) is 4.98 Å². The lowest BCUT2D eigenvalue weighted by molar-refractivity contribution is 0.405. The van der Waals surface area contributed by atoms with Gasteiger partial charge >= 0.3 is 0 Å². The van der Waals surface area contributed by atoms with Crippen LogP contribution in [0.4, 0.5) is 5.82 Å². The molecule has 0 aromatic carbocycles. The Morgan fingerprint density at radius 3 is 2.53 bits per heavy atom. The molecule has 1 aromatic heterocycles. The number of hydrogen-bond donors (Lipinski definition) is 1. The molecule has 82 valence electrons. The summed E-state index contributed by atoms with van der Waals surface area (Å²) in [6.07, 6.45) is 1.70. The van der Waals surface area contributed by atoms with E-state index in [0.29, 0.717) is 17.1 Å². The van der Waals surface area contributed by atoms with Crippen molar-refractivity contribution in [2.45, 2.75) is 25.9 Å². The molecule has 0 radical (unpaired) electrons. The number of rotatable bonds is 1. The van der Waals surface area contributed by atoms with Crippen molar-refractivity contribution in [1.82, 2.24) is 10.3 Å². The van der Waals surface area contributed by atoms with Crippen LogP contribution in [0.15, 0.2) is 18.3 Å². The van der Waals surface area contributed by atoms with Crippen LogP contribution < -0.4 is 10.2 Å². The molecule has 1 aliphatic heterocycles. The summed E-state index contributed by atoms with van der Waals surface area (Å²) in [5, 5.41) is 4.18. The Hall–Kier alpha value is -0.800. The third-order valence-electron chi connectivity index (χ3n) is 2.59. The van der Waals surface area contributed by atoms with Crippen LogP contribution in [-0.4, -0.2) is 30.2 Å². The first-order chi connectivity index (χ1) is 7.15. The lowest BCUT2D eigenvalue weighted by Crippen LogP contribution is -2.54. The quantitative estimate of drug-likeness (QED) is 0.792. The Bertz CT molecular complexity index is 315. The average Bonchev–Trinajstić information content (AvgIpc) is 2.17. The minimum atomic E-state index is 0.506. The standard InChI is InChI=1S/C11H16ClN3/c1-8-6-15(7-9(2)14-8)11-4-3-10(12)5-13-11/h3-5,8-9,14H,6-7H2,1-2H3/t8-,9+. The molecule has 3 nitrogen and oxygen atoms in total. The van der Waals surface area contributed by atoms with Crippen molar-refractivity contribution >= 4 is 17.4 Å². The van der Waals surface area contributed by atoms with E-state index in [0.717, 1.165) is 18.9 Å². The molecule has 0 aliphatic carbocycles. The van der Waals surface area contributed by atoms with Crippen molar-refractivity contribution in [1.29, 1.82) is 0 Å². The van der Waals surface area contributed by atoms with Crippen molar-refractivity contribution in [3.05, 3.63) is 23.4 Å². The second kappa shape index (κ2) is 4.37. The van der Waals surface area contributed by atoms with Crippen molar-refractivity contribution < 1.29 is 0 Å². The molecule has 2 atom stereocenters. The zero-order chi connectivity index (χ0) is 10.8. The van der Waals surface area contributed by atoms with Gasteiger partial charge in [0.1, 0.15) is 5.82 Å². The minimum Gasteiger partial charge on any atom is -0.354 e. The highest BCUT2D eigenvalue weighted by molar-refractivity contribution is 6.30. The van der Waals surface area contributed by atoms with Gasteiger partial charge in [0.05, 0.1) is 5.02 Å². The molecular formula is C11H16ClN3. The van der Waals surface area contributed by atoms with Crippen molar-refractivity contribution in [3.63, 3.8) is 0 Å². The van der Waals surface area contributed by atoms with E-state index in [1.165, 1.54) is 0 Å². The summed E-state index contributed by atoms with van der Waals surface area (Å²) in [7, 11) is 0. The fourth-order valence-electron chi connectivity index (χ4n) is 2.07. The predicted octanol–water partition coefficient (Wildman–Crippen LogP) is 1.92. The molecule has 1 aromatic rings. The summed E-state index contributed by atoms with van der Waals surface area (Å²) in [5.74, 6) is 1.01. The van der Waals surface area contributed by atoms with Gasteiger partial charge < -0.3 is 10.2 Å². The molecule has 4 heteroatoms. The molecule has 1 saturated heterocycles. The number of hydrogen-bond acceptors (Lipinski definition) is 3. The second-order valence-corrected chi connectivity index (χ2v) is 4.64. The summed E-state index contributed by atoms with van der Waals surface area (Å²) in [6.45, 7) is 6.38. The van der Waals surface area contributed by atoms with Crippen LogP contribution in [0.3, 0.4) is 0 Å². The molecule has 0 saturated carbocycles. The van der Waals surface area contributed by atoms with Gasteiger partial charge in [-0.3, -0.25) is 0 Å². The van der Waals surface area contributed by atoms with E-state index in [4.69, 9.17) is 11.6 Å². The maximum atomic E-state index is 5.81. The van der Waals surface area contributed by atoms with Crippen LogP contribution in [0.2, 0.25) is 5.02 Å². The van der Waals surface area contributed by atoms with E-state index < -0.39 is 0 Å². The SMILES string of the molecule is C[C@@H]1CN(c2ccc(Cl)cn2)C[C@H](C)N1. The fraction of sp³-hybridized carbons (Fsp3) is 0.545. The van der Waals surface area contributed by atoms with Crippen LogP contribution in [0.25, 0.3) is 0 Å². The number of aromatic nitrogens is 1. The zero-order valence-corrected chi connectivity index (χ0v) is 9.83. The normalized spacial score (nSPS) is 26.7. The molecular weight excluding hydrogens is 210 g/mol. The number of nitrogens with one attached hydrogen (secondary N) is 1. The van der Waals surface area contributed by atoms with Gasteiger partial charge in [0.25, 0.3) is 0 Å². The number of nitrogens with zero attached hydrogens (tertiary/aromatic N) is 2. The second-order valence-electron chi connectivity index (χ2n) is 4.21. The monoisotopic (exact) mass is 225 g/mol. The summed E-state index contributed by atoms with van der Waals surface area (Å²) in [6, 6.07) is 4.88. The largest absolute Gasteiger partial charge is 0.354 e. The van der Waals surface area contributed by atoms with Crippen molar-refractivity contribution in [3.8, 4) is 0 Å². The molecule has 0 amide bonds. The minimum absolute atomic E-state index is 0.506. The number of pyridine rings is 1. The van der Waals surface area contributed by atoms with Gasteiger partial charge in [0.2, 0.25) is 0 Å². The Morgan fingerprint density at radius 2 is 2.00 bits per heavy atom. The lowest BCUT2D eigenvalue weighted by atomic mass is 10.1. The predicted molar refractivity (Wildman–Crippen MR) is 63.5 cm³/mol. The fourth-order valence-corrected chi connectivity index (χ4v) is 2.18. The topological polar surface area (TPSA) is 28.2 Å². The van der Waals surface area contributed by atoms with Gasteiger partial charge in [0.15, 0.2) is 0 Å². The summed E-state index contributed by atoms with van der Waals surface area (Å²) < 4.78 is 0. The maximum absolute atomic E-state index is 5.81. The highest BCUT2D eigenvalue weighted by Gasteiger charge is 2.21. The Morgan fingerprint density at radius 1 is 1.33 bits per heavy atom. The van der Waals surface area contributed by atoms with Crippen LogP contribution in [0.1, 0.15) is 13.8 Å². The van der Waals surface area contributed by atoms with Gasteiger partial charge in [-0.15, -0.1) is 0 Å². The molecule has 1 fully saturated rings. The Balaban J connectivity index is 2.12. The molecule has 1 aliphatic rings. The highest BCUT2D eigenvalue weighted by atomic mass is 35.5. The molecule has 0 bridgehead atoms. The summed E-state index contributed by atoms with van der Waals surface area (Å²) in [4.78, 5) is 6.63. The van der Waals surface area contributed by atoms with E-state index in [9.17, 15) is 0 Å². The first kappa shape index (κ1) is 10.7. The number of anilines is 1. The van der Waals surface area contributed by atoms with Crippen molar-refractivity contribution in [2.24, 2.45) is 0 Å². The molecule has 0 unspecified atom stereocenters. The van der Waals surface area contributed by atoms with Crippen LogP contribution >= 0.6 is 11.6 Å². The first-order valence-electron chi connectivity index (χ1n) is 5.27. The van der Waals surface area contributed by atoms with Gasteiger partial charge in [-0.05, 0) is 26.0 Å². The highest BCUT2D eigenvalue weighted by Crippen LogP contribution is 2.16. The third-order valence-corrected chi connectivity index (χ3v) is 2.82. The van der Waals surface area contributed by atoms with E-state index in [-0.39, 0.29) is 0 Å². The van der Waals surface area contributed by atoms with E-state index in [2.05, 4.69) is 29.0 Å². The van der Waals surface area contributed by atoms with Gasteiger partial charge in [0, 0.05) is 31.4 Å². The number of halogens is 1. The van der Waals surface area contributed by atoms with Gasteiger partial charge in [-0.1, -0.05) is 11.6 Å². The van der Waals surface area contributed by atoms with Gasteiger partial charge in [-0.2, -0.15) is 0 Å². The Kier molecular flexibility index (Phi) is 3.12. The maximum Gasteiger partial charge on any atom is 0.128 e. The number of piperazine rings is 1. The van der Waals surface area contributed by atoms with E-state index in [1.54, 1.807) is 6.20 Å². The average molecular weight is 226 g/mol. The molecule has 15 heavy (non-hydrogen) atoms. The van der Waals surface area contributed by atoms with Crippen LogP contribution in [0, 0.1) is 0 Å².